The molecule has 0 saturated heterocycles. The Labute approximate surface area is 109 Å². The number of hydrogen-bond acceptors (Lipinski definition) is 2. The fraction of sp³-hybridized carbons (Fsp3) is 0.400. The summed E-state index contributed by atoms with van der Waals surface area (Å²) in [4.78, 5) is 7.14. The number of H-pyrrole nitrogens is 1. The molecule has 0 radical (unpaired) electrons. The molecule has 1 heterocycles. The summed E-state index contributed by atoms with van der Waals surface area (Å²) in [7, 11) is 0. The number of nitrogens with one attached hydrogen (secondary N) is 2. The smallest absolute Gasteiger partial charge is 0.0921 e. The van der Waals surface area contributed by atoms with E-state index in [2.05, 4.69) is 54.3 Å². The quantitative estimate of drug-likeness (QED) is 0.847. The minimum Gasteiger partial charge on any atom is -0.348 e. The van der Waals surface area contributed by atoms with Crippen molar-refractivity contribution < 1.29 is 0 Å². The SMILES string of the molecule is Cc1cc(C)cc(C(C)NCCc2cnc[nH]2)c1. The monoisotopic (exact) mass is 243 g/mol. The van der Waals surface area contributed by atoms with Gasteiger partial charge in [-0.1, -0.05) is 29.3 Å². The van der Waals surface area contributed by atoms with Gasteiger partial charge in [0.15, 0.2) is 0 Å². The third kappa shape index (κ3) is 3.44. The van der Waals surface area contributed by atoms with Crippen LogP contribution in [0.4, 0.5) is 0 Å². The summed E-state index contributed by atoms with van der Waals surface area (Å²) in [5.74, 6) is 0. The minimum atomic E-state index is 0.381. The van der Waals surface area contributed by atoms with Crippen molar-refractivity contribution in [2.24, 2.45) is 0 Å². The first kappa shape index (κ1) is 12.8. The van der Waals surface area contributed by atoms with Gasteiger partial charge in [-0.05, 0) is 26.3 Å². The number of hydrogen-bond donors (Lipinski definition) is 2. The summed E-state index contributed by atoms with van der Waals surface area (Å²) < 4.78 is 0. The molecule has 3 heteroatoms. The van der Waals surface area contributed by atoms with E-state index in [0.717, 1.165) is 13.0 Å². The zero-order valence-corrected chi connectivity index (χ0v) is 11.3. The Balaban J connectivity index is 1.89. The molecule has 0 spiro atoms. The van der Waals surface area contributed by atoms with E-state index < -0.39 is 0 Å². The van der Waals surface area contributed by atoms with Gasteiger partial charge in [0.25, 0.3) is 0 Å². The van der Waals surface area contributed by atoms with Crippen molar-refractivity contribution in [1.82, 2.24) is 15.3 Å². The molecule has 1 atom stereocenters. The lowest BCUT2D eigenvalue weighted by molar-refractivity contribution is 0.574. The molecule has 1 aromatic heterocycles. The van der Waals surface area contributed by atoms with Gasteiger partial charge in [0.1, 0.15) is 0 Å². The lowest BCUT2D eigenvalue weighted by atomic mass is 10.0. The molecule has 0 aliphatic heterocycles. The minimum absolute atomic E-state index is 0.381. The molecule has 1 unspecified atom stereocenters. The summed E-state index contributed by atoms with van der Waals surface area (Å²) in [6.07, 6.45) is 4.58. The summed E-state index contributed by atoms with van der Waals surface area (Å²) in [5, 5.41) is 3.54. The molecule has 0 aliphatic carbocycles. The van der Waals surface area contributed by atoms with Crippen molar-refractivity contribution >= 4 is 0 Å². The highest BCUT2D eigenvalue weighted by Crippen LogP contribution is 2.16. The van der Waals surface area contributed by atoms with E-state index in [-0.39, 0.29) is 0 Å². The predicted octanol–water partition coefficient (Wildman–Crippen LogP) is 2.92. The third-order valence-electron chi connectivity index (χ3n) is 3.14. The number of aromatic amines is 1. The molecule has 96 valence electrons. The zero-order valence-electron chi connectivity index (χ0n) is 11.3. The number of imidazole rings is 1. The molecular formula is C15H21N3. The topological polar surface area (TPSA) is 40.7 Å². The van der Waals surface area contributed by atoms with Crippen molar-refractivity contribution in [3.8, 4) is 0 Å². The maximum atomic E-state index is 4.02. The average Bonchev–Trinajstić information content (AvgIpc) is 2.80. The van der Waals surface area contributed by atoms with E-state index in [1.807, 2.05) is 6.20 Å². The molecule has 18 heavy (non-hydrogen) atoms. The van der Waals surface area contributed by atoms with Crippen LogP contribution in [0.5, 0.6) is 0 Å². The van der Waals surface area contributed by atoms with Gasteiger partial charge in [-0.2, -0.15) is 0 Å². The number of rotatable bonds is 5. The van der Waals surface area contributed by atoms with Crippen molar-refractivity contribution in [3.63, 3.8) is 0 Å². The van der Waals surface area contributed by atoms with E-state index >= 15 is 0 Å². The van der Waals surface area contributed by atoms with Gasteiger partial charge in [-0.25, -0.2) is 4.98 Å². The first-order valence-corrected chi connectivity index (χ1v) is 6.44. The van der Waals surface area contributed by atoms with Crippen LogP contribution in [0.25, 0.3) is 0 Å². The molecule has 0 aliphatic rings. The second-order valence-electron chi connectivity index (χ2n) is 4.92. The molecule has 2 aromatic rings. The van der Waals surface area contributed by atoms with Crippen LogP contribution in [-0.2, 0) is 6.42 Å². The maximum Gasteiger partial charge on any atom is 0.0921 e. The van der Waals surface area contributed by atoms with Gasteiger partial charge >= 0.3 is 0 Å². The average molecular weight is 243 g/mol. The Morgan fingerprint density at radius 2 is 1.94 bits per heavy atom. The van der Waals surface area contributed by atoms with Crippen molar-refractivity contribution in [2.45, 2.75) is 33.2 Å². The van der Waals surface area contributed by atoms with Gasteiger partial charge < -0.3 is 10.3 Å². The van der Waals surface area contributed by atoms with E-state index in [1.165, 1.54) is 22.4 Å². The summed E-state index contributed by atoms with van der Waals surface area (Å²) in [5.41, 5.74) is 5.19. The number of nitrogens with zero attached hydrogens (tertiary/aromatic N) is 1. The molecule has 3 nitrogen and oxygen atoms in total. The van der Waals surface area contributed by atoms with E-state index in [0.29, 0.717) is 6.04 Å². The van der Waals surface area contributed by atoms with Crippen LogP contribution in [0.3, 0.4) is 0 Å². The molecule has 2 rings (SSSR count). The number of aromatic nitrogens is 2. The van der Waals surface area contributed by atoms with Crippen LogP contribution in [0.2, 0.25) is 0 Å². The third-order valence-corrected chi connectivity index (χ3v) is 3.14. The molecule has 1 aromatic carbocycles. The van der Waals surface area contributed by atoms with Gasteiger partial charge in [0.2, 0.25) is 0 Å². The molecule has 0 bridgehead atoms. The van der Waals surface area contributed by atoms with Gasteiger partial charge in [0.05, 0.1) is 6.33 Å². The van der Waals surface area contributed by atoms with Crippen LogP contribution in [0.1, 0.15) is 35.3 Å². The Morgan fingerprint density at radius 3 is 2.56 bits per heavy atom. The molecule has 0 amide bonds. The lowest BCUT2D eigenvalue weighted by Crippen LogP contribution is -2.21. The highest BCUT2D eigenvalue weighted by molar-refractivity contribution is 5.30. The number of benzene rings is 1. The van der Waals surface area contributed by atoms with Crippen LogP contribution < -0.4 is 5.32 Å². The van der Waals surface area contributed by atoms with Crippen molar-refractivity contribution in [2.75, 3.05) is 6.54 Å². The van der Waals surface area contributed by atoms with Crippen LogP contribution >= 0.6 is 0 Å². The predicted molar refractivity (Wildman–Crippen MR) is 74.6 cm³/mol. The standard InChI is InChI=1S/C15H21N3/c1-11-6-12(2)8-14(7-11)13(3)17-5-4-15-9-16-10-18-15/h6-10,13,17H,4-5H2,1-3H3,(H,16,18). The Hall–Kier alpha value is -1.61. The fourth-order valence-corrected chi connectivity index (χ4v) is 2.22. The van der Waals surface area contributed by atoms with Crippen molar-refractivity contribution in [1.29, 1.82) is 0 Å². The van der Waals surface area contributed by atoms with Gasteiger partial charge in [0, 0.05) is 30.9 Å². The zero-order chi connectivity index (χ0) is 13.0. The second kappa shape index (κ2) is 5.83. The highest BCUT2D eigenvalue weighted by Gasteiger charge is 2.05. The highest BCUT2D eigenvalue weighted by atomic mass is 14.9. The Bertz CT molecular complexity index is 468. The Morgan fingerprint density at radius 1 is 1.22 bits per heavy atom. The molecular weight excluding hydrogens is 222 g/mol. The first-order chi connectivity index (χ1) is 8.65. The van der Waals surface area contributed by atoms with E-state index in [9.17, 15) is 0 Å². The maximum absolute atomic E-state index is 4.02. The Kier molecular flexibility index (Phi) is 4.15. The molecule has 0 fully saturated rings. The number of aryl methyl sites for hydroxylation is 2. The first-order valence-electron chi connectivity index (χ1n) is 6.44. The van der Waals surface area contributed by atoms with Crippen LogP contribution in [0, 0.1) is 13.8 Å². The lowest BCUT2D eigenvalue weighted by Gasteiger charge is -2.15. The summed E-state index contributed by atoms with van der Waals surface area (Å²) in [6, 6.07) is 7.09. The summed E-state index contributed by atoms with van der Waals surface area (Å²) in [6.45, 7) is 7.46. The molecule has 2 N–H and O–H groups in total. The van der Waals surface area contributed by atoms with Crippen molar-refractivity contribution in [3.05, 3.63) is 53.1 Å². The molecule has 0 saturated carbocycles. The van der Waals surface area contributed by atoms with Gasteiger partial charge in [-0.3, -0.25) is 0 Å². The largest absolute Gasteiger partial charge is 0.348 e. The van der Waals surface area contributed by atoms with Crippen LogP contribution in [-0.4, -0.2) is 16.5 Å². The second-order valence-corrected chi connectivity index (χ2v) is 4.92. The van der Waals surface area contributed by atoms with E-state index in [1.54, 1.807) is 6.33 Å². The van der Waals surface area contributed by atoms with E-state index in [4.69, 9.17) is 0 Å². The van der Waals surface area contributed by atoms with Crippen LogP contribution in [0.15, 0.2) is 30.7 Å². The fourth-order valence-electron chi connectivity index (χ4n) is 2.22. The summed E-state index contributed by atoms with van der Waals surface area (Å²) >= 11 is 0. The van der Waals surface area contributed by atoms with Gasteiger partial charge in [-0.15, -0.1) is 0 Å². The normalized spacial score (nSPS) is 12.6.